The Hall–Kier alpha value is -1.88. The minimum Gasteiger partial charge on any atom is -0.493 e. The van der Waals surface area contributed by atoms with Crippen molar-refractivity contribution in [2.24, 2.45) is 0 Å². The second-order valence-electron chi connectivity index (χ2n) is 4.27. The van der Waals surface area contributed by atoms with Crippen molar-refractivity contribution in [1.82, 2.24) is 4.98 Å². The van der Waals surface area contributed by atoms with Crippen molar-refractivity contribution in [3.8, 4) is 17.0 Å². The van der Waals surface area contributed by atoms with E-state index >= 15 is 0 Å². The summed E-state index contributed by atoms with van der Waals surface area (Å²) >= 11 is 1.43. The van der Waals surface area contributed by atoms with Crippen LogP contribution in [0.15, 0.2) is 29.6 Å². The van der Waals surface area contributed by atoms with E-state index in [2.05, 4.69) is 10.3 Å². The van der Waals surface area contributed by atoms with Crippen LogP contribution in [0.3, 0.4) is 0 Å². The predicted molar refractivity (Wildman–Crippen MR) is 82.3 cm³/mol. The van der Waals surface area contributed by atoms with E-state index in [-0.39, 0.29) is 5.91 Å². The Kier molecular flexibility index (Phi) is 5.12. The van der Waals surface area contributed by atoms with Crippen LogP contribution in [0.4, 0.5) is 5.13 Å². The van der Waals surface area contributed by atoms with Crippen LogP contribution in [-0.2, 0) is 4.79 Å². The van der Waals surface area contributed by atoms with Crippen molar-refractivity contribution in [3.63, 3.8) is 0 Å². The summed E-state index contributed by atoms with van der Waals surface area (Å²) in [5.41, 5.74) is 1.77. The summed E-state index contributed by atoms with van der Waals surface area (Å²) in [6.45, 7) is 4.54. The van der Waals surface area contributed by atoms with Crippen LogP contribution in [0.2, 0.25) is 0 Å². The number of amides is 1. The third-order valence-electron chi connectivity index (χ3n) is 2.69. The van der Waals surface area contributed by atoms with E-state index in [4.69, 9.17) is 4.74 Å². The van der Waals surface area contributed by atoms with Gasteiger partial charge < -0.3 is 10.1 Å². The molecule has 5 heteroatoms. The largest absolute Gasteiger partial charge is 0.493 e. The maximum atomic E-state index is 11.6. The molecule has 0 unspecified atom stereocenters. The zero-order valence-corrected chi connectivity index (χ0v) is 12.5. The van der Waals surface area contributed by atoms with E-state index < -0.39 is 0 Å². The summed E-state index contributed by atoms with van der Waals surface area (Å²) in [4.78, 5) is 16.0. The van der Waals surface area contributed by atoms with E-state index in [1.54, 1.807) is 0 Å². The molecule has 0 aliphatic carbocycles. The van der Waals surface area contributed by atoms with Crippen LogP contribution in [0, 0.1) is 0 Å². The fraction of sp³-hybridized carbons (Fsp3) is 0.333. The van der Waals surface area contributed by atoms with Gasteiger partial charge in [-0.05, 0) is 25.5 Å². The van der Waals surface area contributed by atoms with Gasteiger partial charge in [-0.3, -0.25) is 4.79 Å². The Morgan fingerprint density at radius 1 is 1.35 bits per heavy atom. The highest BCUT2D eigenvalue weighted by Gasteiger charge is 2.11. The van der Waals surface area contributed by atoms with Crippen molar-refractivity contribution in [1.29, 1.82) is 0 Å². The molecule has 2 rings (SSSR count). The second-order valence-corrected chi connectivity index (χ2v) is 5.12. The Balaban J connectivity index is 2.18. The zero-order valence-electron chi connectivity index (χ0n) is 11.7. The fourth-order valence-corrected chi connectivity index (χ4v) is 2.55. The van der Waals surface area contributed by atoms with Gasteiger partial charge >= 0.3 is 0 Å². The lowest BCUT2D eigenvalue weighted by atomic mass is 10.1. The van der Waals surface area contributed by atoms with Gasteiger partial charge in [0.2, 0.25) is 5.91 Å². The Bertz CT molecular complexity index is 581. The van der Waals surface area contributed by atoms with Gasteiger partial charge in [-0.2, -0.15) is 0 Å². The van der Waals surface area contributed by atoms with Crippen molar-refractivity contribution >= 4 is 22.4 Å². The fourth-order valence-electron chi connectivity index (χ4n) is 1.82. The Morgan fingerprint density at radius 3 is 2.90 bits per heavy atom. The van der Waals surface area contributed by atoms with Crippen molar-refractivity contribution in [2.75, 3.05) is 11.9 Å². The highest BCUT2D eigenvalue weighted by Crippen LogP contribution is 2.32. The van der Waals surface area contributed by atoms with Gasteiger partial charge in [0.1, 0.15) is 5.75 Å². The quantitative estimate of drug-likeness (QED) is 0.876. The first-order valence-electron chi connectivity index (χ1n) is 6.72. The van der Waals surface area contributed by atoms with Crippen LogP contribution < -0.4 is 10.1 Å². The molecule has 1 aromatic carbocycles. The molecule has 0 bridgehead atoms. The summed E-state index contributed by atoms with van der Waals surface area (Å²) < 4.78 is 5.60. The van der Waals surface area contributed by atoms with Crippen LogP contribution in [0.25, 0.3) is 11.3 Å². The number of carbonyl (C=O) groups is 1. The van der Waals surface area contributed by atoms with Gasteiger partial charge in [-0.1, -0.05) is 19.1 Å². The molecule has 0 saturated heterocycles. The normalized spacial score (nSPS) is 10.3. The van der Waals surface area contributed by atoms with E-state index in [1.807, 2.05) is 43.5 Å². The molecule has 4 nitrogen and oxygen atoms in total. The number of benzene rings is 1. The topological polar surface area (TPSA) is 51.2 Å². The molecule has 106 valence electrons. The Morgan fingerprint density at radius 2 is 2.15 bits per heavy atom. The summed E-state index contributed by atoms with van der Waals surface area (Å²) in [6, 6.07) is 7.78. The van der Waals surface area contributed by atoms with Crippen molar-refractivity contribution in [3.05, 3.63) is 29.6 Å². The van der Waals surface area contributed by atoms with E-state index in [0.29, 0.717) is 18.2 Å². The van der Waals surface area contributed by atoms with Crippen LogP contribution in [0.1, 0.15) is 26.7 Å². The molecular weight excluding hydrogens is 272 g/mol. The molecule has 0 spiro atoms. The third-order valence-corrected chi connectivity index (χ3v) is 3.45. The summed E-state index contributed by atoms with van der Waals surface area (Å²) in [6.07, 6.45) is 1.35. The lowest BCUT2D eigenvalue weighted by Crippen LogP contribution is -2.10. The first kappa shape index (κ1) is 14.5. The van der Waals surface area contributed by atoms with Gasteiger partial charge in [-0.25, -0.2) is 4.98 Å². The molecule has 0 aliphatic rings. The van der Waals surface area contributed by atoms with E-state index in [1.165, 1.54) is 11.3 Å². The maximum Gasteiger partial charge on any atom is 0.226 e. The average molecular weight is 290 g/mol. The molecule has 0 atom stereocenters. The van der Waals surface area contributed by atoms with Crippen LogP contribution in [0.5, 0.6) is 5.75 Å². The summed E-state index contributed by atoms with van der Waals surface area (Å²) in [5, 5.41) is 5.37. The standard InChI is InChI=1S/C15H18N2O2S/c1-3-7-14(18)17-15-16-12(10-20-15)11-8-5-6-9-13(11)19-4-2/h5-6,8-10H,3-4,7H2,1-2H3,(H,16,17,18). The number of carbonyl (C=O) groups excluding carboxylic acids is 1. The number of rotatable bonds is 6. The minimum absolute atomic E-state index is 0.00601. The van der Waals surface area contributed by atoms with Crippen LogP contribution in [-0.4, -0.2) is 17.5 Å². The number of anilines is 1. The smallest absolute Gasteiger partial charge is 0.226 e. The lowest BCUT2D eigenvalue weighted by Gasteiger charge is -2.07. The molecule has 1 heterocycles. The molecule has 0 fully saturated rings. The SMILES string of the molecule is CCCC(=O)Nc1nc(-c2ccccc2OCC)cs1. The number of hydrogen-bond acceptors (Lipinski definition) is 4. The predicted octanol–water partition coefficient (Wildman–Crippen LogP) is 3.95. The number of hydrogen-bond donors (Lipinski definition) is 1. The van der Waals surface area contributed by atoms with E-state index in [0.717, 1.165) is 23.4 Å². The highest BCUT2D eigenvalue weighted by atomic mass is 32.1. The monoisotopic (exact) mass is 290 g/mol. The first-order valence-corrected chi connectivity index (χ1v) is 7.60. The molecule has 1 aromatic heterocycles. The van der Waals surface area contributed by atoms with Gasteiger partial charge in [0.05, 0.1) is 12.3 Å². The molecule has 0 radical (unpaired) electrons. The molecule has 1 N–H and O–H groups in total. The number of ether oxygens (including phenoxy) is 1. The molecule has 2 aromatic rings. The maximum absolute atomic E-state index is 11.6. The van der Waals surface area contributed by atoms with Crippen molar-refractivity contribution < 1.29 is 9.53 Å². The van der Waals surface area contributed by atoms with Gasteiger partial charge in [0, 0.05) is 17.4 Å². The zero-order chi connectivity index (χ0) is 14.4. The summed E-state index contributed by atoms with van der Waals surface area (Å²) in [5.74, 6) is 0.818. The lowest BCUT2D eigenvalue weighted by molar-refractivity contribution is -0.116. The average Bonchev–Trinajstić information content (AvgIpc) is 2.88. The van der Waals surface area contributed by atoms with Gasteiger partial charge in [0.15, 0.2) is 5.13 Å². The number of aromatic nitrogens is 1. The highest BCUT2D eigenvalue weighted by molar-refractivity contribution is 7.14. The molecule has 0 saturated carbocycles. The Labute approximate surface area is 122 Å². The molecular formula is C15H18N2O2S. The number of nitrogens with zero attached hydrogens (tertiary/aromatic N) is 1. The van der Waals surface area contributed by atoms with Gasteiger partial charge in [-0.15, -0.1) is 11.3 Å². The minimum atomic E-state index is 0.00601. The number of nitrogens with one attached hydrogen (secondary N) is 1. The second kappa shape index (κ2) is 7.05. The van der Waals surface area contributed by atoms with Crippen molar-refractivity contribution in [2.45, 2.75) is 26.7 Å². The van der Waals surface area contributed by atoms with Gasteiger partial charge in [0.25, 0.3) is 0 Å². The third kappa shape index (κ3) is 3.57. The number of thiazole rings is 1. The van der Waals surface area contributed by atoms with Crippen LogP contribution >= 0.6 is 11.3 Å². The number of para-hydroxylation sites is 1. The molecule has 1 amide bonds. The molecule has 20 heavy (non-hydrogen) atoms. The molecule has 0 aliphatic heterocycles. The first-order chi connectivity index (χ1) is 9.74. The van der Waals surface area contributed by atoms with E-state index in [9.17, 15) is 4.79 Å². The summed E-state index contributed by atoms with van der Waals surface area (Å²) in [7, 11) is 0.